The molecule has 3 nitrogen and oxygen atoms in total. The predicted octanol–water partition coefficient (Wildman–Crippen LogP) is 1.16. The molecular weight excluding hydrogens is 198 g/mol. The molecule has 1 N–H and O–H groups in total. The van der Waals surface area contributed by atoms with E-state index in [2.05, 4.69) is 22.0 Å². The molecule has 2 saturated heterocycles. The van der Waals surface area contributed by atoms with Crippen LogP contribution in [0, 0.1) is 0 Å². The van der Waals surface area contributed by atoms with Crippen LogP contribution in [-0.4, -0.2) is 61.7 Å². The number of rotatable bonds is 5. The average molecular weight is 225 g/mol. The van der Waals surface area contributed by atoms with Gasteiger partial charge in [0.15, 0.2) is 0 Å². The molecule has 0 aromatic heterocycles. The van der Waals surface area contributed by atoms with Crippen molar-refractivity contribution in [3.8, 4) is 0 Å². The van der Waals surface area contributed by atoms with Gasteiger partial charge in [0.05, 0.1) is 0 Å². The molecule has 1 atom stereocenters. The van der Waals surface area contributed by atoms with Gasteiger partial charge in [-0.05, 0) is 51.9 Å². The van der Waals surface area contributed by atoms with Crippen molar-refractivity contribution in [3.63, 3.8) is 0 Å². The monoisotopic (exact) mass is 225 g/mol. The number of hydrogen-bond donors (Lipinski definition) is 1. The lowest BCUT2D eigenvalue weighted by Gasteiger charge is -2.34. The summed E-state index contributed by atoms with van der Waals surface area (Å²) in [4.78, 5) is 5.30. The Bertz CT molecular complexity index is 184. The first-order chi connectivity index (χ1) is 7.90. The lowest BCUT2D eigenvalue weighted by atomic mass is 10.1. The number of likely N-dealkylation sites (tertiary alicyclic amines) is 1. The van der Waals surface area contributed by atoms with Gasteiger partial charge < -0.3 is 10.2 Å². The minimum atomic E-state index is 0.793. The number of nitrogens with one attached hydrogen (secondary N) is 1. The molecule has 2 aliphatic heterocycles. The van der Waals surface area contributed by atoms with E-state index < -0.39 is 0 Å². The van der Waals surface area contributed by atoms with Crippen molar-refractivity contribution in [2.75, 3.05) is 45.8 Å². The van der Waals surface area contributed by atoms with Crippen molar-refractivity contribution < 1.29 is 0 Å². The van der Waals surface area contributed by atoms with E-state index in [4.69, 9.17) is 0 Å². The first-order valence-electron chi connectivity index (χ1n) is 7.07. The third-order valence-corrected chi connectivity index (χ3v) is 4.10. The minimum Gasteiger partial charge on any atom is -0.315 e. The lowest BCUT2D eigenvalue weighted by Crippen LogP contribution is -2.48. The van der Waals surface area contributed by atoms with Crippen LogP contribution in [0.2, 0.25) is 0 Å². The number of hydrogen-bond acceptors (Lipinski definition) is 3. The Morgan fingerprint density at radius 2 is 2.06 bits per heavy atom. The molecule has 2 aliphatic rings. The summed E-state index contributed by atoms with van der Waals surface area (Å²) in [6.07, 6.45) is 5.57. The molecule has 2 rings (SSSR count). The molecule has 2 fully saturated rings. The van der Waals surface area contributed by atoms with E-state index >= 15 is 0 Å². The van der Waals surface area contributed by atoms with Gasteiger partial charge in [0.2, 0.25) is 0 Å². The fourth-order valence-corrected chi connectivity index (χ4v) is 3.02. The van der Waals surface area contributed by atoms with Crippen LogP contribution in [0.25, 0.3) is 0 Å². The van der Waals surface area contributed by atoms with Gasteiger partial charge in [-0.25, -0.2) is 0 Å². The van der Waals surface area contributed by atoms with Crippen molar-refractivity contribution in [3.05, 3.63) is 0 Å². The largest absolute Gasteiger partial charge is 0.315 e. The van der Waals surface area contributed by atoms with E-state index in [1.807, 2.05) is 0 Å². The second kappa shape index (κ2) is 6.58. The molecule has 0 saturated carbocycles. The molecule has 0 spiro atoms. The highest BCUT2D eigenvalue weighted by Gasteiger charge is 2.20. The van der Waals surface area contributed by atoms with E-state index in [1.54, 1.807) is 0 Å². The smallest absolute Gasteiger partial charge is 0.0221 e. The van der Waals surface area contributed by atoms with Crippen LogP contribution in [0.1, 0.15) is 32.6 Å². The second-order valence-corrected chi connectivity index (χ2v) is 5.18. The van der Waals surface area contributed by atoms with E-state index in [9.17, 15) is 0 Å². The van der Waals surface area contributed by atoms with Crippen LogP contribution >= 0.6 is 0 Å². The van der Waals surface area contributed by atoms with Crippen LogP contribution in [0.15, 0.2) is 0 Å². The van der Waals surface area contributed by atoms with Gasteiger partial charge in [0.25, 0.3) is 0 Å². The zero-order valence-corrected chi connectivity index (χ0v) is 10.7. The molecule has 2 heterocycles. The topological polar surface area (TPSA) is 18.5 Å². The van der Waals surface area contributed by atoms with Gasteiger partial charge in [-0.1, -0.05) is 6.92 Å². The number of piperidine rings is 1. The SMILES string of the molecule is CCN(CCN1CCCC1)[C@H]1CCCNC1. The van der Waals surface area contributed by atoms with Crippen molar-refractivity contribution in [1.82, 2.24) is 15.1 Å². The second-order valence-electron chi connectivity index (χ2n) is 5.18. The summed E-state index contributed by atoms with van der Waals surface area (Å²) in [7, 11) is 0. The molecular formula is C13H27N3. The Kier molecular flexibility index (Phi) is 5.07. The van der Waals surface area contributed by atoms with Crippen LogP contribution in [0.3, 0.4) is 0 Å². The average Bonchev–Trinajstić information content (AvgIpc) is 2.84. The van der Waals surface area contributed by atoms with Crippen molar-refractivity contribution in [2.45, 2.75) is 38.6 Å². The first-order valence-corrected chi connectivity index (χ1v) is 7.07. The third kappa shape index (κ3) is 3.44. The number of nitrogens with zero attached hydrogens (tertiary/aromatic N) is 2. The van der Waals surface area contributed by atoms with Gasteiger partial charge in [-0.2, -0.15) is 0 Å². The van der Waals surface area contributed by atoms with Crippen LogP contribution < -0.4 is 5.32 Å². The molecule has 0 radical (unpaired) electrons. The Balaban J connectivity index is 1.70. The van der Waals surface area contributed by atoms with Gasteiger partial charge in [0.1, 0.15) is 0 Å². The maximum atomic E-state index is 3.52. The molecule has 0 aromatic rings. The van der Waals surface area contributed by atoms with Gasteiger partial charge in [-0.15, -0.1) is 0 Å². The Morgan fingerprint density at radius 3 is 2.69 bits per heavy atom. The van der Waals surface area contributed by atoms with Crippen LogP contribution in [0.5, 0.6) is 0 Å². The Labute approximate surface area is 100 Å². The Hall–Kier alpha value is -0.120. The summed E-state index contributed by atoms with van der Waals surface area (Å²) in [5.41, 5.74) is 0. The summed E-state index contributed by atoms with van der Waals surface area (Å²) < 4.78 is 0. The highest BCUT2D eigenvalue weighted by molar-refractivity contribution is 4.79. The molecule has 16 heavy (non-hydrogen) atoms. The van der Waals surface area contributed by atoms with E-state index in [0.717, 1.165) is 6.04 Å². The molecule has 0 aliphatic carbocycles. The molecule has 0 bridgehead atoms. The first kappa shape index (κ1) is 12.3. The summed E-state index contributed by atoms with van der Waals surface area (Å²) >= 11 is 0. The maximum Gasteiger partial charge on any atom is 0.0221 e. The summed E-state index contributed by atoms with van der Waals surface area (Å²) in [5, 5.41) is 3.52. The van der Waals surface area contributed by atoms with Crippen molar-refractivity contribution in [1.29, 1.82) is 0 Å². The maximum absolute atomic E-state index is 3.52. The third-order valence-electron chi connectivity index (χ3n) is 4.10. The fraction of sp³-hybridized carbons (Fsp3) is 1.00. The zero-order chi connectivity index (χ0) is 11.2. The summed E-state index contributed by atoms with van der Waals surface area (Å²) in [5.74, 6) is 0. The molecule has 94 valence electrons. The number of likely N-dealkylation sites (N-methyl/N-ethyl adjacent to an activating group) is 1. The minimum absolute atomic E-state index is 0.793. The predicted molar refractivity (Wildman–Crippen MR) is 68.8 cm³/mol. The fourth-order valence-electron chi connectivity index (χ4n) is 3.02. The van der Waals surface area contributed by atoms with Crippen LogP contribution in [0.4, 0.5) is 0 Å². The standard InChI is InChI=1S/C13H27N3/c1-2-16(13-6-5-7-14-12-13)11-10-15-8-3-4-9-15/h13-14H,2-12H2,1H3/t13-/m0/s1. The van der Waals surface area contributed by atoms with E-state index in [1.165, 1.54) is 71.5 Å². The van der Waals surface area contributed by atoms with Crippen LogP contribution in [-0.2, 0) is 0 Å². The van der Waals surface area contributed by atoms with Crippen molar-refractivity contribution in [2.24, 2.45) is 0 Å². The van der Waals surface area contributed by atoms with Gasteiger partial charge >= 0.3 is 0 Å². The summed E-state index contributed by atoms with van der Waals surface area (Å²) in [6, 6.07) is 0.793. The molecule has 0 unspecified atom stereocenters. The highest BCUT2D eigenvalue weighted by Crippen LogP contribution is 2.11. The highest BCUT2D eigenvalue weighted by atomic mass is 15.2. The lowest BCUT2D eigenvalue weighted by molar-refractivity contribution is 0.154. The van der Waals surface area contributed by atoms with Crippen molar-refractivity contribution >= 4 is 0 Å². The molecule has 3 heteroatoms. The van der Waals surface area contributed by atoms with E-state index in [0.29, 0.717) is 0 Å². The molecule has 0 aromatic carbocycles. The Morgan fingerprint density at radius 1 is 1.25 bits per heavy atom. The normalized spacial score (nSPS) is 27.8. The van der Waals surface area contributed by atoms with E-state index in [-0.39, 0.29) is 0 Å². The zero-order valence-electron chi connectivity index (χ0n) is 10.7. The molecule has 0 amide bonds. The van der Waals surface area contributed by atoms with Gasteiger partial charge in [0, 0.05) is 25.7 Å². The van der Waals surface area contributed by atoms with Gasteiger partial charge in [-0.3, -0.25) is 4.90 Å². The quantitative estimate of drug-likeness (QED) is 0.757. The summed E-state index contributed by atoms with van der Waals surface area (Å²) in [6.45, 7) is 11.2.